The first kappa shape index (κ1) is 19.7. The maximum atomic E-state index is 3.44. The van der Waals surface area contributed by atoms with Gasteiger partial charge in [-0.25, -0.2) is 0 Å². The lowest BCUT2D eigenvalue weighted by Gasteiger charge is -2.26. The van der Waals surface area contributed by atoms with Crippen LogP contribution in [0.15, 0.2) is 30.3 Å². The molecule has 1 heterocycles. The monoisotopic (exact) mass is 318 g/mol. The lowest BCUT2D eigenvalue weighted by Crippen LogP contribution is -2.31. The highest BCUT2D eigenvalue weighted by molar-refractivity contribution is 5.85. The van der Waals surface area contributed by atoms with Crippen molar-refractivity contribution in [1.29, 1.82) is 0 Å². The van der Waals surface area contributed by atoms with Crippen molar-refractivity contribution in [2.75, 3.05) is 26.2 Å². The molecule has 0 spiro atoms. The van der Waals surface area contributed by atoms with Crippen molar-refractivity contribution in [2.45, 2.75) is 32.7 Å². The van der Waals surface area contributed by atoms with E-state index in [0.717, 1.165) is 19.0 Å². The van der Waals surface area contributed by atoms with E-state index in [1.807, 2.05) is 0 Å². The summed E-state index contributed by atoms with van der Waals surface area (Å²) in [5.74, 6) is 0.941. The second-order valence-electron chi connectivity index (χ2n) is 5.34. The van der Waals surface area contributed by atoms with Crippen molar-refractivity contribution in [3.05, 3.63) is 35.9 Å². The molecule has 0 unspecified atom stereocenters. The van der Waals surface area contributed by atoms with Gasteiger partial charge < -0.3 is 5.32 Å². The van der Waals surface area contributed by atoms with Crippen molar-refractivity contribution in [3.8, 4) is 0 Å². The average molecular weight is 319 g/mol. The molecule has 1 aromatic rings. The highest BCUT2D eigenvalue weighted by Gasteiger charge is 2.14. The molecule has 0 aromatic heterocycles. The lowest BCUT2D eigenvalue weighted by molar-refractivity contribution is 0.238. The number of hydrogen-bond donors (Lipinski definition) is 1. The third-order valence-electron chi connectivity index (χ3n) is 4.01. The first-order valence-corrected chi connectivity index (χ1v) is 7.35. The van der Waals surface area contributed by atoms with Gasteiger partial charge in [-0.3, -0.25) is 4.90 Å². The van der Waals surface area contributed by atoms with Gasteiger partial charge in [-0.05, 0) is 56.9 Å². The number of hydrogen-bond acceptors (Lipinski definition) is 2. The topological polar surface area (TPSA) is 15.3 Å². The van der Waals surface area contributed by atoms with Gasteiger partial charge in [0.2, 0.25) is 0 Å². The Morgan fingerprint density at radius 1 is 1.10 bits per heavy atom. The molecule has 116 valence electrons. The molecule has 0 amide bonds. The molecule has 1 aliphatic heterocycles. The number of nitrogens with zero attached hydrogens (tertiary/aromatic N) is 1. The van der Waals surface area contributed by atoms with Crippen LogP contribution >= 0.6 is 24.8 Å². The summed E-state index contributed by atoms with van der Waals surface area (Å²) in [7, 11) is 0. The minimum atomic E-state index is 0. The van der Waals surface area contributed by atoms with Gasteiger partial charge in [0.05, 0.1) is 0 Å². The number of benzene rings is 1. The van der Waals surface area contributed by atoms with E-state index >= 15 is 0 Å². The quantitative estimate of drug-likeness (QED) is 0.859. The maximum absolute atomic E-state index is 3.44. The number of nitrogens with one attached hydrogen (secondary N) is 1. The Labute approximate surface area is 136 Å². The zero-order valence-corrected chi connectivity index (χ0v) is 14.0. The molecule has 1 saturated heterocycles. The molecule has 4 heteroatoms. The summed E-state index contributed by atoms with van der Waals surface area (Å²) in [5, 5.41) is 3.44. The van der Waals surface area contributed by atoms with E-state index in [-0.39, 0.29) is 24.8 Å². The minimum Gasteiger partial charge on any atom is -0.317 e. The van der Waals surface area contributed by atoms with Crippen LogP contribution in [0.2, 0.25) is 0 Å². The van der Waals surface area contributed by atoms with E-state index in [1.54, 1.807) is 0 Å². The summed E-state index contributed by atoms with van der Waals surface area (Å²) in [5.41, 5.74) is 1.43. The molecule has 0 radical (unpaired) electrons. The fraction of sp³-hybridized carbons (Fsp3) is 0.625. The summed E-state index contributed by atoms with van der Waals surface area (Å²) in [6, 6.07) is 10.8. The number of rotatable bonds is 6. The van der Waals surface area contributed by atoms with Gasteiger partial charge in [-0.1, -0.05) is 37.3 Å². The van der Waals surface area contributed by atoms with Crippen LogP contribution in [0.5, 0.6) is 0 Å². The van der Waals surface area contributed by atoms with Gasteiger partial charge in [0, 0.05) is 6.54 Å². The van der Waals surface area contributed by atoms with Crippen LogP contribution in [-0.4, -0.2) is 31.1 Å². The highest BCUT2D eigenvalue weighted by atomic mass is 35.5. The first-order chi connectivity index (χ1) is 8.88. The molecule has 2 nitrogen and oxygen atoms in total. The van der Waals surface area contributed by atoms with Gasteiger partial charge in [0.1, 0.15) is 0 Å². The molecule has 1 fully saturated rings. The lowest BCUT2D eigenvalue weighted by atomic mass is 9.94. The van der Waals surface area contributed by atoms with Gasteiger partial charge >= 0.3 is 0 Å². The van der Waals surface area contributed by atoms with Gasteiger partial charge in [-0.2, -0.15) is 0 Å². The third-order valence-corrected chi connectivity index (χ3v) is 4.01. The van der Waals surface area contributed by atoms with Gasteiger partial charge in [-0.15, -0.1) is 24.8 Å². The Kier molecular flexibility index (Phi) is 11.2. The molecule has 20 heavy (non-hydrogen) atoms. The van der Waals surface area contributed by atoms with Crippen LogP contribution in [0, 0.1) is 5.92 Å². The van der Waals surface area contributed by atoms with Crippen LogP contribution in [0.25, 0.3) is 0 Å². The van der Waals surface area contributed by atoms with Crippen molar-refractivity contribution in [3.63, 3.8) is 0 Å². The van der Waals surface area contributed by atoms with E-state index in [1.165, 1.54) is 44.5 Å². The van der Waals surface area contributed by atoms with Crippen LogP contribution in [0.3, 0.4) is 0 Å². The predicted molar refractivity (Wildman–Crippen MR) is 92.1 cm³/mol. The minimum absolute atomic E-state index is 0. The summed E-state index contributed by atoms with van der Waals surface area (Å²) in [6.07, 6.45) is 4.09. The molecule has 1 aromatic carbocycles. The fourth-order valence-electron chi connectivity index (χ4n) is 2.73. The van der Waals surface area contributed by atoms with Crippen molar-refractivity contribution >= 4 is 24.8 Å². The Bertz CT molecular complexity index is 327. The summed E-state index contributed by atoms with van der Waals surface area (Å²) in [4.78, 5) is 2.57. The van der Waals surface area contributed by atoms with E-state index in [0.29, 0.717) is 0 Å². The van der Waals surface area contributed by atoms with Crippen molar-refractivity contribution in [2.24, 2.45) is 5.92 Å². The van der Waals surface area contributed by atoms with E-state index in [4.69, 9.17) is 0 Å². The molecule has 0 bridgehead atoms. The molecule has 2 rings (SSSR count). The molecular formula is C16H28Cl2N2. The molecule has 1 aliphatic rings. The normalized spacial score (nSPS) is 15.5. The van der Waals surface area contributed by atoms with Crippen molar-refractivity contribution < 1.29 is 0 Å². The summed E-state index contributed by atoms with van der Waals surface area (Å²) in [6.45, 7) is 8.20. The van der Waals surface area contributed by atoms with Crippen LogP contribution in [0.1, 0.15) is 31.7 Å². The number of halogens is 2. The van der Waals surface area contributed by atoms with Gasteiger partial charge in [0.25, 0.3) is 0 Å². The zero-order chi connectivity index (χ0) is 12.6. The Morgan fingerprint density at radius 3 is 2.35 bits per heavy atom. The van der Waals surface area contributed by atoms with E-state index in [9.17, 15) is 0 Å². The number of piperidine rings is 1. The Balaban J connectivity index is 0.00000180. The zero-order valence-electron chi connectivity index (χ0n) is 12.4. The summed E-state index contributed by atoms with van der Waals surface area (Å²) < 4.78 is 0. The molecular weight excluding hydrogens is 291 g/mol. The van der Waals surface area contributed by atoms with E-state index < -0.39 is 0 Å². The SMILES string of the molecule is CCN(CCC1CCNCC1)Cc1ccccc1.Cl.Cl. The fourth-order valence-corrected chi connectivity index (χ4v) is 2.73. The smallest absolute Gasteiger partial charge is 0.0233 e. The summed E-state index contributed by atoms with van der Waals surface area (Å²) >= 11 is 0. The van der Waals surface area contributed by atoms with E-state index in [2.05, 4.69) is 47.5 Å². The first-order valence-electron chi connectivity index (χ1n) is 7.35. The van der Waals surface area contributed by atoms with Gasteiger partial charge in [0.15, 0.2) is 0 Å². The second-order valence-corrected chi connectivity index (χ2v) is 5.34. The predicted octanol–water partition coefficient (Wildman–Crippen LogP) is 3.74. The molecule has 0 atom stereocenters. The highest BCUT2D eigenvalue weighted by Crippen LogP contribution is 2.17. The van der Waals surface area contributed by atoms with Crippen LogP contribution < -0.4 is 5.32 Å². The van der Waals surface area contributed by atoms with Crippen molar-refractivity contribution in [1.82, 2.24) is 10.2 Å². The Morgan fingerprint density at radius 2 is 1.75 bits per heavy atom. The maximum Gasteiger partial charge on any atom is 0.0233 e. The van der Waals surface area contributed by atoms with Crippen LogP contribution in [0.4, 0.5) is 0 Å². The average Bonchev–Trinajstić information content (AvgIpc) is 2.45. The largest absolute Gasteiger partial charge is 0.317 e. The standard InChI is InChI=1S/C16H26N2.2ClH/c1-2-18(14-16-6-4-3-5-7-16)13-10-15-8-11-17-12-9-15;;/h3-7,15,17H,2,8-14H2,1H3;2*1H. The molecule has 0 aliphatic carbocycles. The third kappa shape index (κ3) is 6.94. The Hall–Kier alpha value is -0.280. The molecule has 0 saturated carbocycles. The molecule has 1 N–H and O–H groups in total. The second kappa shape index (κ2) is 11.4. The van der Waals surface area contributed by atoms with Crippen LogP contribution in [-0.2, 0) is 6.54 Å².